The zero-order chi connectivity index (χ0) is 20.7. The Bertz CT molecular complexity index is 1090. The van der Waals surface area contributed by atoms with Gasteiger partial charge in [-0.05, 0) is 43.2 Å². The van der Waals surface area contributed by atoms with E-state index in [2.05, 4.69) is 0 Å². The molecule has 152 valence electrons. The first-order valence-corrected chi connectivity index (χ1v) is 12.2. The molecular weight excluding hydrogens is 443 g/mol. The second-order valence-electron chi connectivity index (χ2n) is 6.63. The van der Waals surface area contributed by atoms with Gasteiger partial charge in [-0.25, -0.2) is 16.8 Å². The van der Waals surface area contributed by atoms with Crippen molar-refractivity contribution in [3.05, 3.63) is 57.6 Å². The standard InChI is InChI=1S/C18H20Cl2N2O4S2/c1-13-6-7-14(2)17(12-13)27(23,24)21-8-10-22(11-9-21)28(25,26)18-15(19)4-3-5-16(18)20/h3-7,12H,8-11H2,1-2H3. The minimum Gasteiger partial charge on any atom is -0.207 e. The van der Waals surface area contributed by atoms with Gasteiger partial charge >= 0.3 is 0 Å². The van der Waals surface area contributed by atoms with Crippen LogP contribution in [0.4, 0.5) is 0 Å². The third-order valence-corrected chi connectivity index (χ3v) is 9.57. The first-order valence-electron chi connectivity index (χ1n) is 8.56. The predicted octanol–water partition coefficient (Wildman–Crippen LogP) is 3.31. The fraction of sp³-hybridized carbons (Fsp3) is 0.333. The Morgan fingerprint density at radius 3 is 1.82 bits per heavy atom. The fourth-order valence-corrected chi connectivity index (χ4v) is 7.38. The summed E-state index contributed by atoms with van der Waals surface area (Å²) in [6, 6.07) is 9.74. The Morgan fingerprint density at radius 2 is 1.29 bits per heavy atom. The Labute approximate surface area is 175 Å². The minimum absolute atomic E-state index is 0.0218. The maximum atomic E-state index is 13.0. The summed E-state index contributed by atoms with van der Waals surface area (Å²) in [5, 5.41) is 0.0795. The van der Waals surface area contributed by atoms with Crippen molar-refractivity contribution in [2.45, 2.75) is 23.6 Å². The van der Waals surface area contributed by atoms with Crippen molar-refractivity contribution < 1.29 is 16.8 Å². The summed E-state index contributed by atoms with van der Waals surface area (Å²) < 4.78 is 54.4. The summed E-state index contributed by atoms with van der Waals surface area (Å²) in [6.07, 6.45) is 0. The number of nitrogens with zero attached hydrogens (tertiary/aromatic N) is 2. The number of benzene rings is 2. The van der Waals surface area contributed by atoms with Crippen LogP contribution in [0.2, 0.25) is 10.0 Å². The molecule has 1 saturated heterocycles. The monoisotopic (exact) mass is 462 g/mol. The first kappa shape index (κ1) is 21.5. The number of piperazine rings is 1. The molecule has 3 rings (SSSR count). The highest BCUT2D eigenvalue weighted by atomic mass is 35.5. The largest absolute Gasteiger partial charge is 0.246 e. The summed E-state index contributed by atoms with van der Waals surface area (Å²) in [7, 11) is -7.63. The lowest BCUT2D eigenvalue weighted by Gasteiger charge is -2.33. The van der Waals surface area contributed by atoms with Gasteiger partial charge < -0.3 is 0 Å². The lowest BCUT2D eigenvalue weighted by molar-refractivity contribution is 0.272. The molecule has 0 amide bonds. The number of sulfonamides is 2. The SMILES string of the molecule is Cc1ccc(C)c(S(=O)(=O)N2CCN(S(=O)(=O)c3c(Cl)cccc3Cl)CC2)c1. The van der Waals surface area contributed by atoms with E-state index in [1.807, 2.05) is 13.0 Å². The molecule has 0 unspecified atom stereocenters. The molecule has 1 aliphatic rings. The van der Waals surface area contributed by atoms with E-state index < -0.39 is 20.0 Å². The minimum atomic E-state index is -3.92. The topological polar surface area (TPSA) is 74.8 Å². The van der Waals surface area contributed by atoms with Crippen molar-refractivity contribution in [2.24, 2.45) is 0 Å². The van der Waals surface area contributed by atoms with E-state index in [-0.39, 0.29) is 46.0 Å². The summed E-state index contributed by atoms with van der Waals surface area (Å²) in [4.78, 5) is 0.0992. The predicted molar refractivity (Wildman–Crippen MR) is 110 cm³/mol. The molecule has 2 aromatic carbocycles. The van der Waals surface area contributed by atoms with Crippen LogP contribution in [0, 0.1) is 13.8 Å². The molecule has 1 fully saturated rings. The highest BCUT2D eigenvalue weighted by molar-refractivity contribution is 7.89. The number of rotatable bonds is 4. The molecule has 0 N–H and O–H groups in total. The molecule has 10 heteroatoms. The average molecular weight is 463 g/mol. The van der Waals surface area contributed by atoms with E-state index in [1.165, 1.54) is 20.7 Å². The van der Waals surface area contributed by atoms with E-state index in [4.69, 9.17) is 23.2 Å². The van der Waals surface area contributed by atoms with Crippen LogP contribution in [0.15, 0.2) is 46.2 Å². The molecule has 28 heavy (non-hydrogen) atoms. The molecule has 0 bridgehead atoms. The first-order chi connectivity index (χ1) is 13.0. The third-order valence-electron chi connectivity index (χ3n) is 4.68. The molecule has 1 aliphatic heterocycles. The summed E-state index contributed by atoms with van der Waals surface area (Å²) >= 11 is 12.1. The maximum Gasteiger partial charge on any atom is 0.246 e. The molecule has 0 radical (unpaired) electrons. The molecule has 6 nitrogen and oxygen atoms in total. The van der Waals surface area contributed by atoms with Crippen LogP contribution in [0.3, 0.4) is 0 Å². The van der Waals surface area contributed by atoms with Gasteiger partial charge in [0.25, 0.3) is 0 Å². The van der Waals surface area contributed by atoms with E-state index in [1.54, 1.807) is 25.1 Å². The van der Waals surface area contributed by atoms with Gasteiger partial charge in [-0.3, -0.25) is 0 Å². The number of hydrogen-bond donors (Lipinski definition) is 0. The Hall–Kier alpha value is -1.16. The van der Waals surface area contributed by atoms with Crippen LogP contribution in [-0.2, 0) is 20.0 Å². The lowest BCUT2D eigenvalue weighted by atomic mass is 10.2. The fourth-order valence-electron chi connectivity index (χ4n) is 3.13. The van der Waals surface area contributed by atoms with E-state index >= 15 is 0 Å². The van der Waals surface area contributed by atoms with Crippen molar-refractivity contribution in [1.82, 2.24) is 8.61 Å². The van der Waals surface area contributed by atoms with Gasteiger partial charge in [0.1, 0.15) is 4.90 Å². The Kier molecular flexibility index (Phi) is 6.10. The van der Waals surface area contributed by atoms with Crippen LogP contribution >= 0.6 is 23.2 Å². The van der Waals surface area contributed by atoms with Crippen molar-refractivity contribution in [3.63, 3.8) is 0 Å². The molecule has 0 aliphatic carbocycles. The van der Waals surface area contributed by atoms with Gasteiger partial charge in [0.2, 0.25) is 20.0 Å². The van der Waals surface area contributed by atoms with E-state index in [0.717, 1.165) is 5.56 Å². The lowest BCUT2D eigenvalue weighted by Crippen LogP contribution is -2.50. The zero-order valence-electron chi connectivity index (χ0n) is 15.4. The van der Waals surface area contributed by atoms with Crippen LogP contribution in [0.5, 0.6) is 0 Å². The Balaban J connectivity index is 1.84. The number of aryl methyl sites for hydroxylation is 2. The quantitative estimate of drug-likeness (QED) is 0.698. The van der Waals surface area contributed by atoms with Gasteiger partial charge in [-0.1, -0.05) is 41.4 Å². The second-order valence-corrected chi connectivity index (χ2v) is 11.2. The molecule has 0 aromatic heterocycles. The smallest absolute Gasteiger partial charge is 0.207 e. The van der Waals surface area contributed by atoms with Crippen molar-refractivity contribution >= 4 is 43.2 Å². The summed E-state index contributed by atoms with van der Waals surface area (Å²) in [6.45, 7) is 3.72. The molecule has 0 saturated carbocycles. The van der Waals surface area contributed by atoms with Crippen molar-refractivity contribution in [1.29, 1.82) is 0 Å². The average Bonchev–Trinajstić information content (AvgIpc) is 2.63. The molecule has 1 heterocycles. The highest BCUT2D eigenvalue weighted by Gasteiger charge is 2.36. The number of halogens is 2. The molecular formula is C18H20Cl2N2O4S2. The summed E-state index contributed by atoms with van der Waals surface area (Å²) in [5.74, 6) is 0. The molecule has 2 aromatic rings. The van der Waals surface area contributed by atoms with E-state index in [0.29, 0.717) is 5.56 Å². The summed E-state index contributed by atoms with van der Waals surface area (Å²) in [5.41, 5.74) is 1.50. The van der Waals surface area contributed by atoms with Crippen molar-refractivity contribution in [3.8, 4) is 0 Å². The van der Waals surface area contributed by atoms with Crippen LogP contribution in [0.1, 0.15) is 11.1 Å². The Morgan fingerprint density at radius 1 is 0.786 bits per heavy atom. The highest BCUT2D eigenvalue weighted by Crippen LogP contribution is 2.32. The maximum absolute atomic E-state index is 13.0. The third kappa shape index (κ3) is 3.94. The van der Waals surface area contributed by atoms with E-state index in [9.17, 15) is 16.8 Å². The second kappa shape index (κ2) is 7.93. The van der Waals surface area contributed by atoms with Crippen LogP contribution in [-0.4, -0.2) is 51.6 Å². The molecule has 0 spiro atoms. The van der Waals surface area contributed by atoms with Gasteiger partial charge in [0.15, 0.2) is 0 Å². The van der Waals surface area contributed by atoms with Crippen LogP contribution < -0.4 is 0 Å². The van der Waals surface area contributed by atoms with Gasteiger partial charge in [0, 0.05) is 26.2 Å². The number of hydrogen-bond acceptors (Lipinski definition) is 4. The van der Waals surface area contributed by atoms with Crippen molar-refractivity contribution in [2.75, 3.05) is 26.2 Å². The molecule has 0 atom stereocenters. The zero-order valence-corrected chi connectivity index (χ0v) is 18.5. The normalized spacial score (nSPS) is 17.0. The van der Waals surface area contributed by atoms with Gasteiger partial charge in [-0.2, -0.15) is 8.61 Å². The van der Waals surface area contributed by atoms with Gasteiger partial charge in [-0.15, -0.1) is 0 Å². The van der Waals surface area contributed by atoms with Gasteiger partial charge in [0.05, 0.1) is 14.9 Å². The van der Waals surface area contributed by atoms with Crippen LogP contribution in [0.25, 0.3) is 0 Å².